The highest BCUT2D eigenvalue weighted by Crippen LogP contribution is 2.39. The van der Waals surface area contributed by atoms with Gasteiger partial charge in [-0.1, -0.05) is 18.3 Å². The van der Waals surface area contributed by atoms with Crippen LogP contribution in [0.2, 0.25) is 0 Å². The molecule has 0 spiro atoms. The molecule has 1 aliphatic heterocycles. The van der Waals surface area contributed by atoms with Crippen LogP contribution in [-0.2, 0) is 28.5 Å². The van der Waals surface area contributed by atoms with Crippen LogP contribution in [0.1, 0.15) is 40.8 Å². The van der Waals surface area contributed by atoms with E-state index in [-0.39, 0.29) is 23.3 Å². The SMILES string of the molecule is CC(=O)OC[C@H]1O[C@@H](n2c(=O)sc3cnc(N)nc32)[C@H](OC(C)(C)OC(C)=O)[C@@H]1C. The summed E-state index contributed by atoms with van der Waals surface area (Å²) in [5.41, 5.74) is 6.01. The number of thiazole rings is 1. The molecule has 12 heteroatoms. The molecule has 2 aromatic rings. The number of carbonyl (C=O) groups excluding carboxylic acids is 2. The summed E-state index contributed by atoms with van der Waals surface area (Å²) in [6.07, 6.45) is -0.719. The Labute approximate surface area is 176 Å². The zero-order valence-corrected chi connectivity index (χ0v) is 18.1. The minimum Gasteiger partial charge on any atom is -0.463 e. The molecule has 1 aliphatic rings. The number of ether oxygens (including phenoxy) is 4. The van der Waals surface area contributed by atoms with Crippen LogP contribution in [0.5, 0.6) is 0 Å². The number of aromatic nitrogens is 3. The predicted molar refractivity (Wildman–Crippen MR) is 107 cm³/mol. The number of esters is 2. The van der Waals surface area contributed by atoms with E-state index < -0.39 is 36.2 Å². The number of fused-ring (bicyclic) bond motifs is 1. The van der Waals surface area contributed by atoms with E-state index in [4.69, 9.17) is 24.7 Å². The third kappa shape index (κ3) is 4.60. The molecule has 0 aliphatic carbocycles. The quantitative estimate of drug-likeness (QED) is 0.514. The number of anilines is 1. The van der Waals surface area contributed by atoms with Crippen LogP contribution in [0, 0.1) is 5.92 Å². The normalized spacial score (nSPS) is 24.2. The van der Waals surface area contributed by atoms with Gasteiger partial charge in [0, 0.05) is 33.6 Å². The number of nitrogens with two attached hydrogens (primary N) is 1. The first-order chi connectivity index (χ1) is 14.0. The predicted octanol–water partition coefficient (Wildman–Crippen LogP) is 1.22. The third-order valence-corrected chi connectivity index (χ3v) is 5.47. The average molecular weight is 440 g/mol. The Kier molecular flexibility index (Phi) is 6.11. The lowest BCUT2D eigenvalue weighted by Gasteiger charge is -2.32. The minimum absolute atomic E-state index is 0.00858. The zero-order chi connectivity index (χ0) is 22.2. The van der Waals surface area contributed by atoms with Gasteiger partial charge in [0.05, 0.1) is 17.0 Å². The summed E-state index contributed by atoms with van der Waals surface area (Å²) in [4.78, 5) is 43.2. The number of nitrogen functional groups attached to an aromatic ring is 1. The van der Waals surface area contributed by atoms with Gasteiger partial charge in [0.25, 0.3) is 0 Å². The Hall–Kier alpha value is -2.57. The molecule has 2 aromatic heterocycles. The molecule has 0 unspecified atom stereocenters. The molecule has 1 saturated heterocycles. The molecule has 30 heavy (non-hydrogen) atoms. The van der Waals surface area contributed by atoms with Crippen LogP contribution in [0.15, 0.2) is 11.0 Å². The van der Waals surface area contributed by atoms with Crippen molar-refractivity contribution < 1.29 is 28.5 Å². The topological polar surface area (TPSA) is 145 Å². The smallest absolute Gasteiger partial charge is 0.311 e. The van der Waals surface area contributed by atoms with Crippen molar-refractivity contribution in [1.29, 1.82) is 0 Å². The fraction of sp³-hybridized carbons (Fsp3) is 0.611. The fourth-order valence-electron chi connectivity index (χ4n) is 3.39. The van der Waals surface area contributed by atoms with Crippen molar-refractivity contribution in [2.45, 2.75) is 58.8 Å². The van der Waals surface area contributed by atoms with Crippen LogP contribution in [-0.4, -0.2) is 51.1 Å². The summed E-state index contributed by atoms with van der Waals surface area (Å²) in [5.74, 6) is -2.56. The lowest BCUT2D eigenvalue weighted by atomic mass is 10.00. The van der Waals surface area contributed by atoms with Gasteiger partial charge in [-0.15, -0.1) is 0 Å². The molecule has 0 aromatic carbocycles. The van der Waals surface area contributed by atoms with Gasteiger partial charge < -0.3 is 24.7 Å². The summed E-state index contributed by atoms with van der Waals surface area (Å²) in [6.45, 7) is 7.57. The van der Waals surface area contributed by atoms with Crippen molar-refractivity contribution >= 4 is 39.6 Å². The molecule has 1 fully saturated rings. The summed E-state index contributed by atoms with van der Waals surface area (Å²) >= 11 is 0.946. The summed E-state index contributed by atoms with van der Waals surface area (Å²) in [5, 5.41) is 0. The fourth-order valence-corrected chi connectivity index (χ4v) is 4.20. The Morgan fingerprint density at radius 2 is 2.03 bits per heavy atom. The van der Waals surface area contributed by atoms with Crippen molar-refractivity contribution in [2.24, 2.45) is 5.92 Å². The molecule has 3 rings (SSSR count). The van der Waals surface area contributed by atoms with E-state index >= 15 is 0 Å². The van der Waals surface area contributed by atoms with E-state index in [0.29, 0.717) is 10.3 Å². The Balaban J connectivity index is 2.02. The van der Waals surface area contributed by atoms with Gasteiger partial charge in [0.2, 0.25) is 11.7 Å². The second-order valence-electron chi connectivity index (χ2n) is 7.46. The Morgan fingerprint density at radius 1 is 1.33 bits per heavy atom. The van der Waals surface area contributed by atoms with E-state index in [1.165, 1.54) is 24.6 Å². The summed E-state index contributed by atoms with van der Waals surface area (Å²) in [6, 6.07) is 0. The maximum Gasteiger partial charge on any atom is 0.311 e. The molecule has 0 radical (unpaired) electrons. The highest BCUT2D eigenvalue weighted by Gasteiger charge is 2.48. The van der Waals surface area contributed by atoms with E-state index in [1.807, 2.05) is 6.92 Å². The molecule has 11 nitrogen and oxygen atoms in total. The molecular weight excluding hydrogens is 416 g/mol. The lowest BCUT2D eigenvalue weighted by molar-refractivity contribution is -0.245. The Morgan fingerprint density at radius 3 is 2.67 bits per heavy atom. The first-order valence-corrected chi connectivity index (χ1v) is 10.1. The third-order valence-electron chi connectivity index (χ3n) is 4.59. The Bertz CT molecular complexity index is 1020. The van der Waals surface area contributed by atoms with E-state index in [0.717, 1.165) is 11.3 Å². The molecular formula is C18H24N4O7S. The zero-order valence-electron chi connectivity index (χ0n) is 17.3. The molecule has 3 heterocycles. The van der Waals surface area contributed by atoms with Gasteiger partial charge in [0.15, 0.2) is 11.9 Å². The van der Waals surface area contributed by atoms with Crippen LogP contribution in [0.25, 0.3) is 10.3 Å². The number of nitrogens with zero attached hydrogens (tertiary/aromatic N) is 3. The summed E-state index contributed by atoms with van der Waals surface area (Å²) < 4.78 is 24.4. The standard InChI is InChI=1S/C18H24N4O7S/c1-8-11(7-26-9(2)23)27-15(13(8)29-18(4,5)28-10(3)24)22-14-12(30-17(22)25)6-20-16(19)21-14/h6,8,11,13,15H,7H2,1-5H3,(H2,19,20,21)/t8-,11-,13-,15-/m1/s1. The second kappa shape index (κ2) is 8.28. The molecule has 0 bridgehead atoms. The monoisotopic (exact) mass is 440 g/mol. The van der Waals surface area contributed by atoms with Gasteiger partial charge in [-0.05, 0) is 0 Å². The molecule has 0 amide bonds. The van der Waals surface area contributed by atoms with Crippen LogP contribution in [0.3, 0.4) is 0 Å². The highest BCUT2D eigenvalue weighted by atomic mass is 32.1. The van der Waals surface area contributed by atoms with Gasteiger partial charge in [0.1, 0.15) is 12.7 Å². The van der Waals surface area contributed by atoms with E-state index in [1.54, 1.807) is 13.8 Å². The average Bonchev–Trinajstić information content (AvgIpc) is 3.08. The highest BCUT2D eigenvalue weighted by molar-refractivity contribution is 7.16. The van der Waals surface area contributed by atoms with Crippen LogP contribution >= 0.6 is 11.3 Å². The number of rotatable bonds is 6. The lowest BCUT2D eigenvalue weighted by Crippen LogP contribution is -2.41. The van der Waals surface area contributed by atoms with E-state index in [9.17, 15) is 14.4 Å². The van der Waals surface area contributed by atoms with Gasteiger partial charge in [-0.25, -0.2) is 4.98 Å². The van der Waals surface area contributed by atoms with Gasteiger partial charge in [-0.3, -0.25) is 19.0 Å². The van der Waals surface area contributed by atoms with Crippen molar-refractivity contribution in [1.82, 2.24) is 14.5 Å². The first kappa shape index (κ1) is 22.1. The maximum absolute atomic E-state index is 12.8. The number of hydrogen-bond donors (Lipinski definition) is 1. The molecule has 2 N–H and O–H groups in total. The van der Waals surface area contributed by atoms with E-state index in [2.05, 4.69) is 9.97 Å². The summed E-state index contributed by atoms with van der Waals surface area (Å²) in [7, 11) is 0. The van der Waals surface area contributed by atoms with Crippen molar-refractivity contribution in [3.05, 3.63) is 15.9 Å². The van der Waals surface area contributed by atoms with Crippen molar-refractivity contribution in [3.63, 3.8) is 0 Å². The molecule has 4 atom stereocenters. The van der Waals surface area contributed by atoms with Crippen LogP contribution < -0.4 is 10.6 Å². The van der Waals surface area contributed by atoms with Crippen molar-refractivity contribution in [2.75, 3.05) is 12.3 Å². The number of hydrogen-bond acceptors (Lipinski definition) is 11. The molecule has 164 valence electrons. The maximum atomic E-state index is 12.8. The first-order valence-electron chi connectivity index (χ1n) is 9.28. The van der Waals surface area contributed by atoms with Crippen molar-refractivity contribution in [3.8, 4) is 0 Å². The van der Waals surface area contributed by atoms with Crippen LogP contribution in [0.4, 0.5) is 5.95 Å². The van der Waals surface area contributed by atoms with Gasteiger partial charge in [-0.2, -0.15) is 4.98 Å². The minimum atomic E-state index is -1.29. The van der Waals surface area contributed by atoms with Gasteiger partial charge >= 0.3 is 16.8 Å². The molecule has 0 saturated carbocycles. The second-order valence-corrected chi connectivity index (χ2v) is 8.45. The largest absolute Gasteiger partial charge is 0.463 e. The number of carbonyl (C=O) groups is 2.